The summed E-state index contributed by atoms with van der Waals surface area (Å²) in [5, 5.41) is 171. The van der Waals surface area contributed by atoms with Crippen molar-refractivity contribution in [1.29, 1.82) is 5.41 Å². The molecule has 10 unspecified atom stereocenters. The smallest absolute Gasteiger partial charge is 0.306 e. The van der Waals surface area contributed by atoms with Crippen molar-refractivity contribution in [3.05, 3.63) is 260 Å². The van der Waals surface area contributed by atoms with Gasteiger partial charge in [-0.3, -0.25) is 9.79 Å². The maximum atomic E-state index is 12.7. The molecule has 0 radical (unpaired) electrons. The number of ether oxygens (including phenoxy) is 4. The third-order valence-corrected chi connectivity index (χ3v) is 22.8. The van der Waals surface area contributed by atoms with Crippen LogP contribution in [0, 0.1) is 46.7 Å². The van der Waals surface area contributed by atoms with E-state index in [0.29, 0.717) is 81.9 Å². The standard InChI is InChI=1S/2C15H24O3.C13H18FNO.C13H20O3.C12H15FO5.C12H17FO2.C11H15FN2O.C11H15FO2.C10H14FNO2/c1-3-11(2)4-7-15(18)12-5-6-13(9-16)14(8-12)10-17;1-3-4-5-11(2)15(18)12-6-7-13(9-16)14(8-12)10-17;1-11(15)4-2-5-12-6-3-7-13(10-12)16-9-8-14;1-3-4-5-9(2)13(16)10-6-7-11(14)12(15)8-10;1-7(12(16)17)4-8-5-9(14)11(10(15)6-8)18-3-2-13;1-9(2)12(14)10-4-3-5-11(8-10)15-7-6-13;1-9(13)14-8-10-3-2-4-11(7-10)15-6-5-12;1-7(2)11(14)8-3-4-9(6-12)10(13)5-8;1-12-5-4-9(13)7-2-3-8(11)10(14)6-7/h5-6,8,11,15-18H,3-4,7,9-10H2,1-2H3;6-8,11,15-18H,3-5,9-10H2,1-2H3;3,6-7,10,15H,2,4-5,8-9H2,1H3;6-9,13-16H,3-5H2,1-2H3;5-7,14-15H,2-4H2,1H3,(H,16,17);3-5,8-9,12,14H,6-7H2,1-2H3;2-4,7H,5-6,8H2,1H3,(H2,13,14);3-5,7,11,13-14H,6H2,1-2H3;2-3,6,9,12-14H,4-5H2,1H3/i;;14-1;;2*13-1;2*12-1;11-1. The molecule has 0 aliphatic rings. The molecule has 21 N–H and O–H groups in total. The van der Waals surface area contributed by atoms with Crippen molar-refractivity contribution < 1.29 is 137 Å². The van der Waals surface area contributed by atoms with Crippen LogP contribution in [0.5, 0.6) is 57.5 Å². The third kappa shape index (κ3) is 53.0. The zero-order valence-corrected chi connectivity index (χ0v) is 86.1. The van der Waals surface area contributed by atoms with Crippen molar-refractivity contribution in [3.8, 4) is 57.5 Å². The zero-order chi connectivity index (χ0) is 108. The topological polar surface area (TPSA) is 472 Å². The van der Waals surface area contributed by atoms with E-state index in [1.165, 1.54) is 61.0 Å². The van der Waals surface area contributed by atoms with E-state index in [2.05, 4.69) is 38.0 Å². The number of aliphatic imine (C=N–C) groups is 1. The molecule has 10 atom stereocenters. The number of carboxylic acids is 1. The number of halogens is 6. The number of aliphatic hydroxyl groups excluding tert-OH is 10. The van der Waals surface area contributed by atoms with Crippen molar-refractivity contribution in [2.24, 2.45) is 46.2 Å². The molecule has 0 fully saturated rings. The number of phenols is 6. The van der Waals surface area contributed by atoms with E-state index < -0.39 is 93.5 Å². The molecule has 0 aliphatic carbocycles. The number of carboxylic acid groups (broad SMARTS) is 1. The summed E-state index contributed by atoms with van der Waals surface area (Å²) < 4.78 is 92.9. The molecule has 32 heteroatoms. The summed E-state index contributed by atoms with van der Waals surface area (Å²) in [4.78, 5) is 14.8. The van der Waals surface area contributed by atoms with Gasteiger partial charge in [-0.25, -0.2) is 26.3 Å². The molecule has 144 heavy (non-hydrogen) atoms. The molecule has 804 valence electrons. The molecule has 9 rings (SSSR count). The first kappa shape index (κ1) is 131. The molecule has 0 saturated carbocycles. The number of hydrogen-bond donors (Lipinski definition) is 20. The van der Waals surface area contributed by atoms with Gasteiger partial charge in [-0.1, -0.05) is 205 Å². The Morgan fingerprint density at radius 3 is 1.29 bits per heavy atom. The summed E-state index contributed by atoms with van der Waals surface area (Å²) in [5.74, 6) is -0.256. The maximum Gasteiger partial charge on any atom is 0.306 e. The lowest BCUT2D eigenvalue weighted by molar-refractivity contribution is -0.141. The number of rotatable bonds is 49. The number of hydrogen-bond acceptors (Lipinski definition) is 24. The van der Waals surface area contributed by atoms with Gasteiger partial charge in [-0.05, 0) is 266 Å². The minimum atomic E-state index is -0.966. The Bertz CT molecular complexity index is 5010. The summed E-state index contributed by atoms with van der Waals surface area (Å²) in [7, 11) is 1.79. The van der Waals surface area contributed by atoms with Crippen molar-refractivity contribution in [1.82, 2.24) is 5.32 Å². The number of aromatic hydroxyl groups is 6. The van der Waals surface area contributed by atoms with Gasteiger partial charge in [0.15, 0.2) is 34.6 Å². The second-order valence-electron chi connectivity index (χ2n) is 35.7. The molecule has 0 bridgehead atoms. The van der Waals surface area contributed by atoms with Crippen LogP contribution in [-0.2, 0) is 57.3 Å². The number of phenolic OH excluding ortho intramolecular Hbond substituents is 6. The van der Waals surface area contributed by atoms with E-state index in [9.17, 15) is 97.5 Å². The molecule has 9 aromatic carbocycles. The fourth-order valence-electron chi connectivity index (χ4n) is 13.7. The molecule has 26 nitrogen and oxygen atoms in total. The average molecular weight is 2020 g/mol. The van der Waals surface area contributed by atoms with Crippen LogP contribution in [0.3, 0.4) is 0 Å². The number of alkyl halides is 5. The van der Waals surface area contributed by atoms with Crippen molar-refractivity contribution in [2.45, 2.75) is 256 Å². The Morgan fingerprint density at radius 1 is 0.431 bits per heavy atom. The molecular weight excluding hydrogens is 1860 g/mol. The molecule has 0 saturated heterocycles. The van der Waals surface area contributed by atoms with Crippen LogP contribution in [0.25, 0.3) is 0 Å². The molecule has 0 aromatic heterocycles. The number of nitrogens with one attached hydrogen (secondary N) is 2. The molecular formula is C112H162F6N4O22. The highest BCUT2D eigenvalue weighted by atomic mass is 18.2. The van der Waals surface area contributed by atoms with Gasteiger partial charge in [-0.2, -0.15) is 0 Å². The predicted molar refractivity (Wildman–Crippen MR) is 554 cm³/mol. The fraction of sp³-hybridized carbons (Fsp3) is 0.491. The highest BCUT2D eigenvalue weighted by molar-refractivity contribution is 5.78. The van der Waals surface area contributed by atoms with Crippen LogP contribution in [-0.4, -0.2) is 171 Å². The monoisotopic (exact) mass is 2020 g/mol. The van der Waals surface area contributed by atoms with E-state index in [-0.39, 0.29) is 123 Å². The van der Waals surface area contributed by atoms with Gasteiger partial charge in [0.1, 0.15) is 82.8 Å². The first-order chi connectivity index (χ1) is 68.6. The molecule has 0 aliphatic heterocycles. The summed E-state index contributed by atoms with van der Waals surface area (Å²) in [6.45, 7) is 23.2. The minimum absolute atomic E-state index is 0.0568. The summed E-state index contributed by atoms with van der Waals surface area (Å²) in [6.07, 6.45) is 9.30. The minimum Gasteiger partial charge on any atom is -0.508 e. The number of nitrogens with zero attached hydrogens (tertiary/aromatic N) is 1. The number of unbranched alkanes of at least 4 members (excludes halogenated alkanes) is 2. The third-order valence-electron chi connectivity index (χ3n) is 22.8. The highest BCUT2D eigenvalue weighted by Crippen LogP contribution is 2.39. The highest BCUT2D eigenvalue weighted by Gasteiger charge is 2.23. The van der Waals surface area contributed by atoms with E-state index in [1.807, 2.05) is 109 Å². The predicted octanol–water partition coefficient (Wildman–Crippen LogP) is 21.5. The first-order valence-corrected chi connectivity index (χ1v) is 49.0. The summed E-state index contributed by atoms with van der Waals surface area (Å²) in [5.41, 5.74) is 16.1. The number of carbonyl (C=O) groups is 1. The van der Waals surface area contributed by atoms with Crippen molar-refractivity contribution in [3.63, 3.8) is 0 Å². The molecule has 0 spiro atoms. The Morgan fingerprint density at radius 2 is 0.847 bits per heavy atom. The van der Waals surface area contributed by atoms with Crippen LogP contribution in [0.2, 0.25) is 0 Å². The molecule has 9 aromatic rings. The maximum absolute atomic E-state index is 12.7. The number of nitrogens with two attached hydrogens (primary N) is 1. The van der Waals surface area contributed by atoms with Crippen LogP contribution in [0.15, 0.2) is 181 Å². The van der Waals surface area contributed by atoms with Crippen LogP contribution >= 0.6 is 0 Å². The lowest BCUT2D eigenvalue weighted by atomic mass is 9.91. The SMILES string of the molecule is CC(=N)CCCc1cccc(OCC[18F])c1.CC(C)C(O)c1ccc(C[18F])c(O)c1.CC(C)C(O)c1cccc(OCC[18F])c1.CC(Cc1cc(O)c(OCC[18F])c(O)c1)C(=O)O.CC(N)=NCc1cccc(OCC[18F])c1.CCC(C)CCC(O)c1ccc(CO)c(CO)c1.CCCCC(C)C(O)c1ccc(CO)c(CO)c1.CCCCC(C)C(O)c1ccc(O)c(O)c1.CNCCC(O)c1ccc([18F])c(O)c1. The van der Waals surface area contributed by atoms with Gasteiger partial charge in [-0.15, -0.1) is 0 Å². The van der Waals surface area contributed by atoms with Gasteiger partial charge >= 0.3 is 5.97 Å². The second-order valence-corrected chi connectivity index (χ2v) is 35.7. The number of aliphatic carboxylic acids is 1. The summed E-state index contributed by atoms with van der Waals surface area (Å²) in [6, 6.07) is 48.5. The fourth-order valence-corrected chi connectivity index (χ4v) is 13.7. The second kappa shape index (κ2) is 75.5. The zero-order valence-electron chi connectivity index (χ0n) is 86.1. The average Bonchev–Trinajstić information content (AvgIpc) is 0.836. The number of aryl methyl sites for hydroxylation is 1. The number of benzene rings is 9. The Kier molecular flexibility index (Phi) is 68.5. The normalized spacial score (nSPS) is 13.0. The largest absolute Gasteiger partial charge is 0.508 e. The van der Waals surface area contributed by atoms with Gasteiger partial charge in [0.05, 0.1) is 81.3 Å². The van der Waals surface area contributed by atoms with Gasteiger partial charge in [0, 0.05) is 11.3 Å². The van der Waals surface area contributed by atoms with Crippen molar-refractivity contribution in [2.75, 3.05) is 66.7 Å². The van der Waals surface area contributed by atoms with Gasteiger partial charge in [0.2, 0.25) is 5.75 Å². The molecule has 0 heterocycles. The van der Waals surface area contributed by atoms with Gasteiger partial charge in [0.25, 0.3) is 0 Å². The number of aliphatic hydroxyl groups is 10. The van der Waals surface area contributed by atoms with E-state index in [4.69, 9.17) is 50.5 Å². The summed E-state index contributed by atoms with van der Waals surface area (Å²) >= 11 is 0. The van der Waals surface area contributed by atoms with Crippen LogP contribution < -0.4 is 30.0 Å². The number of amidine groups is 1. The lowest BCUT2D eigenvalue weighted by Crippen LogP contribution is -2.12. The molecule has 0 amide bonds. The van der Waals surface area contributed by atoms with Gasteiger partial charge < -0.3 is 122 Å². The Balaban J connectivity index is 0.000000811. The van der Waals surface area contributed by atoms with E-state index in [1.54, 1.807) is 74.6 Å². The van der Waals surface area contributed by atoms with Crippen LogP contribution in [0.4, 0.5) is 26.3 Å². The van der Waals surface area contributed by atoms with E-state index in [0.717, 1.165) is 122 Å². The Labute approximate surface area is 847 Å². The first-order valence-electron chi connectivity index (χ1n) is 49.0. The van der Waals surface area contributed by atoms with Crippen LogP contribution in [0.1, 0.15) is 282 Å². The lowest BCUT2D eigenvalue weighted by Gasteiger charge is -2.20. The van der Waals surface area contributed by atoms with E-state index >= 15 is 0 Å². The Hall–Kier alpha value is -11.3. The quantitative estimate of drug-likeness (QED) is 0.00729. The van der Waals surface area contributed by atoms with Crippen molar-refractivity contribution >= 4 is 17.5 Å².